The van der Waals surface area contributed by atoms with E-state index in [4.69, 9.17) is 9.15 Å². The number of rotatable bonds is 5. The monoisotopic (exact) mass is 376 g/mol. The van der Waals surface area contributed by atoms with Crippen molar-refractivity contribution in [3.63, 3.8) is 0 Å². The lowest BCUT2D eigenvalue weighted by atomic mass is 10.1. The summed E-state index contributed by atoms with van der Waals surface area (Å²) in [6, 6.07) is 12.4. The zero-order chi connectivity index (χ0) is 16.2. The summed E-state index contributed by atoms with van der Waals surface area (Å²) in [4.78, 5) is 12.3. The number of alkyl halides is 1. The molecule has 3 aromatic rings. The van der Waals surface area contributed by atoms with Gasteiger partial charge in [-0.15, -0.1) is 0 Å². The van der Waals surface area contributed by atoms with Crippen LogP contribution in [0.25, 0.3) is 22.3 Å². The third-order valence-electron chi connectivity index (χ3n) is 3.37. The van der Waals surface area contributed by atoms with Gasteiger partial charge in [0, 0.05) is 17.0 Å². The molecular formula is C18H14BrFO3. The fraction of sp³-hybridized carbons (Fsp3) is 0.167. The minimum absolute atomic E-state index is 0.156. The van der Waals surface area contributed by atoms with Crippen molar-refractivity contribution in [1.29, 1.82) is 0 Å². The van der Waals surface area contributed by atoms with Gasteiger partial charge in [0.1, 0.15) is 22.9 Å². The van der Waals surface area contributed by atoms with Gasteiger partial charge in [0.2, 0.25) is 0 Å². The van der Waals surface area contributed by atoms with Gasteiger partial charge in [-0.25, -0.2) is 4.39 Å². The molecule has 3 rings (SSSR count). The van der Waals surface area contributed by atoms with E-state index < -0.39 is 0 Å². The Morgan fingerprint density at radius 3 is 2.61 bits per heavy atom. The molecule has 0 aliphatic carbocycles. The van der Waals surface area contributed by atoms with Gasteiger partial charge in [-0.05, 0) is 48.9 Å². The van der Waals surface area contributed by atoms with Crippen molar-refractivity contribution < 1.29 is 13.5 Å². The summed E-state index contributed by atoms with van der Waals surface area (Å²) in [5.74, 6) is 0.720. The lowest BCUT2D eigenvalue weighted by Crippen LogP contribution is -2.02. The summed E-state index contributed by atoms with van der Waals surface area (Å²) < 4.78 is 24.3. The van der Waals surface area contributed by atoms with Gasteiger partial charge in [-0.2, -0.15) is 0 Å². The van der Waals surface area contributed by atoms with Crippen molar-refractivity contribution in [2.24, 2.45) is 0 Å². The van der Waals surface area contributed by atoms with Crippen LogP contribution in [0.4, 0.5) is 4.39 Å². The summed E-state index contributed by atoms with van der Waals surface area (Å²) in [7, 11) is 0. The van der Waals surface area contributed by atoms with Crippen LogP contribution in [0, 0.1) is 5.82 Å². The van der Waals surface area contributed by atoms with E-state index in [0.717, 1.165) is 11.8 Å². The smallest absolute Gasteiger partial charge is 0.193 e. The number of ether oxygens (including phenoxy) is 1. The van der Waals surface area contributed by atoms with Gasteiger partial charge in [-0.1, -0.05) is 15.9 Å². The SMILES string of the molecule is O=c1cc(-c2ccc(F)cc2)oc2ccc(OCCCBr)cc12. The Balaban J connectivity index is 1.97. The van der Waals surface area contributed by atoms with E-state index in [0.29, 0.717) is 34.6 Å². The van der Waals surface area contributed by atoms with Crippen LogP contribution in [0.1, 0.15) is 6.42 Å². The Labute approximate surface area is 140 Å². The highest BCUT2D eigenvalue weighted by molar-refractivity contribution is 9.09. The van der Waals surface area contributed by atoms with E-state index in [1.807, 2.05) is 0 Å². The Kier molecular flexibility index (Phi) is 4.76. The van der Waals surface area contributed by atoms with Crippen LogP contribution in [-0.2, 0) is 0 Å². The fourth-order valence-corrected chi connectivity index (χ4v) is 2.46. The molecule has 1 heterocycles. The van der Waals surface area contributed by atoms with Gasteiger partial charge < -0.3 is 9.15 Å². The first-order valence-corrected chi connectivity index (χ1v) is 8.32. The van der Waals surface area contributed by atoms with E-state index in [1.54, 1.807) is 30.3 Å². The molecule has 23 heavy (non-hydrogen) atoms. The van der Waals surface area contributed by atoms with Gasteiger partial charge in [0.05, 0.1) is 12.0 Å². The van der Waals surface area contributed by atoms with Crippen LogP contribution in [0.15, 0.2) is 57.7 Å². The quantitative estimate of drug-likeness (QED) is 0.475. The Bertz CT molecular complexity index is 872. The van der Waals surface area contributed by atoms with Gasteiger partial charge in [-0.3, -0.25) is 4.79 Å². The molecule has 0 amide bonds. The lowest BCUT2D eigenvalue weighted by Gasteiger charge is -2.07. The van der Waals surface area contributed by atoms with E-state index in [9.17, 15) is 9.18 Å². The summed E-state index contributed by atoms with van der Waals surface area (Å²) in [6.07, 6.45) is 0.885. The van der Waals surface area contributed by atoms with Crippen molar-refractivity contribution in [3.05, 3.63) is 64.6 Å². The molecule has 1 aromatic heterocycles. The summed E-state index contributed by atoms with van der Waals surface area (Å²) in [5, 5.41) is 1.33. The standard InChI is InChI=1S/C18H14BrFO3/c19-8-1-9-22-14-6-7-17-15(10-14)16(21)11-18(23-17)12-2-4-13(20)5-3-12/h2-7,10-11H,1,8-9H2. The summed E-state index contributed by atoms with van der Waals surface area (Å²) in [5.41, 5.74) is 0.976. The van der Waals surface area contributed by atoms with Gasteiger partial charge in [0.15, 0.2) is 5.43 Å². The molecule has 0 unspecified atom stereocenters. The molecule has 0 bridgehead atoms. The summed E-state index contributed by atoms with van der Waals surface area (Å²) >= 11 is 3.34. The molecule has 0 spiro atoms. The minimum atomic E-state index is -0.331. The molecule has 0 saturated heterocycles. The second-order valence-corrected chi connectivity index (χ2v) is 5.82. The van der Waals surface area contributed by atoms with E-state index in [1.165, 1.54) is 18.2 Å². The van der Waals surface area contributed by atoms with Crippen molar-refractivity contribution in [2.45, 2.75) is 6.42 Å². The minimum Gasteiger partial charge on any atom is -0.494 e. The Morgan fingerprint density at radius 1 is 1.09 bits per heavy atom. The lowest BCUT2D eigenvalue weighted by molar-refractivity contribution is 0.319. The largest absolute Gasteiger partial charge is 0.494 e. The number of hydrogen-bond acceptors (Lipinski definition) is 3. The van der Waals surface area contributed by atoms with Crippen LogP contribution in [0.2, 0.25) is 0 Å². The predicted octanol–water partition coefficient (Wildman–Crippen LogP) is 4.76. The highest BCUT2D eigenvalue weighted by atomic mass is 79.9. The summed E-state index contributed by atoms with van der Waals surface area (Å²) in [6.45, 7) is 0.579. The maximum atomic E-state index is 13.0. The topological polar surface area (TPSA) is 39.4 Å². The molecule has 3 nitrogen and oxygen atoms in total. The van der Waals surface area contributed by atoms with Crippen LogP contribution in [0.5, 0.6) is 5.75 Å². The van der Waals surface area contributed by atoms with Crippen molar-refractivity contribution in [1.82, 2.24) is 0 Å². The van der Waals surface area contributed by atoms with Gasteiger partial charge in [0.25, 0.3) is 0 Å². The second kappa shape index (κ2) is 6.96. The Morgan fingerprint density at radius 2 is 1.87 bits per heavy atom. The molecule has 0 atom stereocenters. The van der Waals surface area contributed by atoms with E-state index in [-0.39, 0.29) is 11.2 Å². The molecule has 0 N–H and O–H groups in total. The van der Waals surface area contributed by atoms with Crippen LogP contribution < -0.4 is 10.2 Å². The first-order chi connectivity index (χ1) is 11.2. The van der Waals surface area contributed by atoms with Crippen molar-refractivity contribution >= 4 is 26.9 Å². The molecule has 0 saturated carbocycles. The van der Waals surface area contributed by atoms with Crippen LogP contribution in [-0.4, -0.2) is 11.9 Å². The number of benzene rings is 2. The molecule has 5 heteroatoms. The van der Waals surface area contributed by atoms with Crippen molar-refractivity contribution in [3.8, 4) is 17.1 Å². The molecule has 0 aliphatic rings. The predicted molar refractivity (Wildman–Crippen MR) is 91.8 cm³/mol. The second-order valence-electron chi connectivity index (χ2n) is 5.03. The van der Waals surface area contributed by atoms with Crippen molar-refractivity contribution in [2.75, 3.05) is 11.9 Å². The molecule has 2 aromatic carbocycles. The average molecular weight is 377 g/mol. The molecular weight excluding hydrogens is 363 g/mol. The number of hydrogen-bond donors (Lipinski definition) is 0. The van der Waals surface area contributed by atoms with E-state index >= 15 is 0 Å². The molecule has 0 radical (unpaired) electrons. The molecule has 0 fully saturated rings. The fourth-order valence-electron chi connectivity index (χ4n) is 2.23. The van der Waals surface area contributed by atoms with Crippen LogP contribution >= 0.6 is 15.9 Å². The highest BCUT2D eigenvalue weighted by Crippen LogP contribution is 2.24. The van der Waals surface area contributed by atoms with Gasteiger partial charge >= 0.3 is 0 Å². The maximum absolute atomic E-state index is 13.0. The average Bonchev–Trinajstić information content (AvgIpc) is 2.56. The number of halogens is 2. The maximum Gasteiger partial charge on any atom is 0.193 e. The Hall–Kier alpha value is -2.14. The highest BCUT2D eigenvalue weighted by Gasteiger charge is 2.08. The van der Waals surface area contributed by atoms with E-state index in [2.05, 4.69) is 15.9 Å². The zero-order valence-electron chi connectivity index (χ0n) is 12.2. The first kappa shape index (κ1) is 15.7. The third kappa shape index (κ3) is 3.62. The third-order valence-corrected chi connectivity index (χ3v) is 3.93. The molecule has 118 valence electrons. The van der Waals surface area contributed by atoms with Crippen LogP contribution in [0.3, 0.4) is 0 Å². The normalized spacial score (nSPS) is 10.9. The molecule has 0 aliphatic heterocycles. The first-order valence-electron chi connectivity index (χ1n) is 7.20. The number of fused-ring (bicyclic) bond motifs is 1. The zero-order valence-corrected chi connectivity index (χ0v) is 13.8.